The van der Waals surface area contributed by atoms with E-state index in [1.807, 2.05) is 0 Å². The van der Waals surface area contributed by atoms with Crippen LogP contribution in [-0.4, -0.2) is 48.6 Å². The average Bonchev–Trinajstić information content (AvgIpc) is 2.32. The lowest BCUT2D eigenvalue weighted by atomic mass is 10.3. The van der Waals surface area contributed by atoms with Crippen LogP contribution in [0.25, 0.3) is 0 Å². The van der Waals surface area contributed by atoms with Gasteiger partial charge in [0.15, 0.2) is 16.6 Å². The van der Waals surface area contributed by atoms with Crippen molar-refractivity contribution in [1.82, 2.24) is 0 Å². The van der Waals surface area contributed by atoms with Gasteiger partial charge in [-0.05, 0) is 64.2 Å². The summed E-state index contributed by atoms with van der Waals surface area (Å²) in [5.41, 5.74) is 0. The molecule has 0 spiro atoms. The summed E-state index contributed by atoms with van der Waals surface area (Å²) in [6.07, 6.45) is 5.03. The molecule has 0 rings (SSSR count). The molecule has 0 aliphatic carbocycles. The number of hydrogen-bond acceptors (Lipinski definition) is 4. The fraction of sp³-hybridized carbons (Fsp3) is 1.00. The van der Waals surface area contributed by atoms with Crippen LogP contribution in [0.4, 0.5) is 0 Å². The van der Waals surface area contributed by atoms with Gasteiger partial charge >= 0.3 is 8.56 Å². The van der Waals surface area contributed by atoms with Crippen molar-refractivity contribution in [3.63, 3.8) is 0 Å². The number of unbranched alkanes of at least 4 members (excludes halogenated alkanes) is 3. The Morgan fingerprint density at radius 3 is 1.36 bits per heavy atom. The maximum absolute atomic E-state index is 8.92. The summed E-state index contributed by atoms with van der Waals surface area (Å²) in [5, 5.41) is 17.8. The Labute approximate surface area is 140 Å². The van der Waals surface area contributed by atoms with Crippen LogP contribution in [0.5, 0.6) is 0 Å². The van der Waals surface area contributed by atoms with Gasteiger partial charge in [-0.25, -0.2) is 0 Å². The molecule has 0 bridgehead atoms. The Morgan fingerprint density at radius 1 is 0.591 bits per heavy atom. The minimum absolute atomic E-state index is 0.273. The molecule has 0 atom stereocenters. The fourth-order valence-corrected chi connectivity index (χ4v) is 17.2. The van der Waals surface area contributed by atoms with E-state index in [4.69, 9.17) is 18.4 Å². The van der Waals surface area contributed by atoms with E-state index in [-0.39, 0.29) is 6.61 Å². The quantitative estimate of drug-likeness (QED) is 0.381. The monoisotopic (exact) mass is 366 g/mol. The van der Waals surface area contributed by atoms with Gasteiger partial charge in [0, 0.05) is 13.2 Å². The largest absolute Gasteiger partial charge is 0.437 e. The third-order valence-electron chi connectivity index (χ3n) is 3.67. The van der Waals surface area contributed by atoms with E-state index in [0.29, 0.717) is 6.61 Å². The van der Waals surface area contributed by atoms with E-state index in [0.717, 1.165) is 44.2 Å². The molecule has 0 heterocycles. The van der Waals surface area contributed by atoms with Crippen molar-refractivity contribution in [3.05, 3.63) is 0 Å². The van der Waals surface area contributed by atoms with Crippen LogP contribution in [0.1, 0.15) is 32.1 Å². The van der Waals surface area contributed by atoms with E-state index < -0.39 is 25.2 Å². The minimum Gasteiger partial charge on any atom is -0.437 e. The Kier molecular flexibility index (Phi) is 10.6. The van der Waals surface area contributed by atoms with Gasteiger partial charge in [0.05, 0.1) is 0 Å². The third kappa shape index (κ3) is 12.0. The standard InChI is InChI=1S/C15H38O4Si3/c1-20(2,14-10-7-8-12-16)18-22(5,6)19-21(3,4)15-11-9-13-17/h16-17H,7-15H2,1-6H3. The van der Waals surface area contributed by atoms with Crippen molar-refractivity contribution < 1.29 is 18.4 Å². The van der Waals surface area contributed by atoms with Crippen molar-refractivity contribution in [2.75, 3.05) is 13.2 Å². The smallest absolute Gasteiger partial charge is 0.311 e. The first-order chi connectivity index (χ1) is 10.0. The van der Waals surface area contributed by atoms with Crippen LogP contribution < -0.4 is 0 Å². The van der Waals surface area contributed by atoms with E-state index in [1.165, 1.54) is 0 Å². The summed E-state index contributed by atoms with van der Waals surface area (Å²) in [5.74, 6) is 0. The summed E-state index contributed by atoms with van der Waals surface area (Å²) in [6, 6.07) is 2.23. The lowest BCUT2D eigenvalue weighted by molar-refractivity contribution is 0.283. The van der Waals surface area contributed by atoms with E-state index in [1.54, 1.807) is 0 Å². The highest BCUT2D eigenvalue weighted by molar-refractivity contribution is 6.87. The normalized spacial score (nSPS) is 13.6. The van der Waals surface area contributed by atoms with Crippen molar-refractivity contribution in [2.45, 2.75) is 83.5 Å². The SMILES string of the molecule is C[Si](C)(CCCCO)O[Si](C)(C)O[Si](C)(C)CCCCCO. The zero-order chi connectivity index (χ0) is 17.3. The molecule has 0 fully saturated rings. The highest BCUT2D eigenvalue weighted by atomic mass is 28.5. The summed E-state index contributed by atoms with van der Waals surface area (Å²) >= 11 is 0. The maximum Gasteiger partial charge on any atom is 0.311 e. The van der Waals surface area contributed by atoms with Gasteiger partial charge < -0.3 is 18.4 Å². The number of aliphatic hydroxyl groups is 2. The molecule has 0 aromatic carbocycles. The predicted octanol–water partition coefficient (Wildman–Crippen LogP) is 4.07. The molecule has 0 saturated heterocycles. The van der Waals surface area contributed by atoms with Crippen LogP contribution in [-0.2, 0) is 8.23 Å². The van der Waals surface area contributed by atoms with Gasteiger partial charge in [-0.2, -0.15) is 0 Å². The molecule has 7 heteroatoms. The van der Waals surface area contributed by atoms with E-state index >= 15 is 0 Å². The second-order valence-corrected chi connectivity index (χ2v) is 20.3. The number of rotatable bonds is 13. The molecule has 0 radical (unpaired) electrons. The lowest BCUT2D eigenvalue weighted by Gasteiger charge is -2.38. The Balaban J connectivity index is 4.34. The van der Waals surface area contributed by atoms with E-state index in [2.05, 4.69) is 39.3 Å². The fourth-order valence-electron chi connectivity index (χ4n) is 2.96. The first-order valence-electron chi connectivity index (χ1n) is 8.66. The first-order valence-corrected chi connectivity index (χ1v) is 17.7. The molecule has 0 aromatic heterocycles. The van der Waals surface area contributed by atoms with Crippen LogP contribution in [0.3, 0.4) is 0 Å². The highest BCUT2D eigenvalue weighted by Gasteiger charge is 2.39. The zero-order valence-electron chi connectivity index (χ0n) is 15.6. The van der Waals surface area contributed by atoms with Crippen LogP contribution >= 0.6 is 0 Å². The molecule has 2 N–H and O–H groups in total. The number of hydrogen-bond donors (Lipinski definition) is 2. The predicted molar refractivity (Wildman–Crippen MR) is 101 cm³/mol. The molecular formula is C15H38O4Si3. The molecular weight excluding hydrogens is 328 g/mol. The lowest BCUT2D eigenvalue weighted by Crippen LogP contribution is -2.52. The molecule has 0 aliphatic heterocycles. The summed E-state index contributed by atoms with van der Waals surface area (Å²) < 4.78 is 13.0. The molecule has 0 aliphatic rings. The van der Waals surface area contributed by atoms with Gasteiger partial charge in [-0.15, -0.1) is 0 Å². The Bertz CT molecular complexity index is 297. The molecule has 4 nitrogen and oxygen atoms in total. The maximum atomic E-state index is 8.92. The summed E-state index contributed by atoms with van der Waals surface area (Å²) in [4.78, 5) is 0. The third-order valence-corrected chi connectivity index (χ3v) is 15.1. The van der Waals surface area contributed by atoms with Crippen molar-refractivity contribution in [2.24, 2.45) is 0 Å². The molecule has 0 amide bonds. The van der Waals surface area contributed by atoms with Crippen LogP contribution in [0.15, 0.2) is 0 Å². The van der Waals surface area contributed by atoms with Gasteiger partial charge in [-0.1, -0.05) is 19.3 Å². The summed E-state index contributed by atoms with van der Waals surface area (Å²) in [7, 11) is -5.49. The highest BCUT2D eigenvalue weighted by Crippen LogP contribution is 2.26. The van der Waals surface area contributed by atoms with Gasteiger partial charge in [0.2, 0.25) is 0 Å². The molecule has 0 aromatic rings. The summed E-state index contributed by atoms with van der Waals surface area (Å²) in [6.45, 7) is 14.0. The van der Waals surface area contributed by atoms with Crippen molar-refractivity contribution >= 4 is 25.2 Å². The van der Waals surface area contributed by atoms with Gasteiger partial charge in [0.1, 0.15) is 0 Å². The topological polar surface area (TPSA) is 58.9 Å². The second kappa shape index (κ2) is 10.4. The second-order valence-electron chi connectivity index (χ2n) is 7.84. The van der Waals surface area contributed by atoms with Crippen LogP contribution in [0, 0.1) is 0 Å². The van der Waals surface area contributed by atoms with Gasteiger partial charge in [-0.3, -0.25) is 0 Å². The van der Waals surface area contributed by atoms with Gasteiger partial charge in [0.25, 0.3) is 0 Å². The van der Waals surface area contributed by atoms with Crippen molar-refractivity contribution in [3.8, 4) is 0 Å². The molecule has 22 heavy (non-hydrogen) atoms. The molecule has 0 saturated carbocycles. The Hall–Kier alpha value is 0.491. The minimum atomic E-state index is -2.09. The Morgan fingerprint density at radius 2 is 0.955 bits per heavy atom. The van der Waals surface area contributed by atoms with Crippen LogP contribution in [0.2, 0.25) is 51.4 Å². The molecule has 134 valence electrons. The van der Waals surface area contributed by atoms with Crippen molar-refractivity contribution in [1.29, 1.82) is 0 Å². The zero-order valence-corrected chi connectivity index (χ0v) is 18.6. The van der Waals surface area contributed by atoms with E-state index in [9.17, 15) is 0 Å². The first kappa shape index (κ1) is 22.5. The average molecular weight is 367 g/mol. The number of aliphatic hydroxyl groups excluding tert-OH is 2. The molecule has 0 unspecified atom stereocenters.